The molecule has 2 rings (SSSR count). The van der Waals surface area contributed by atoms with E-state index in [2.05, 4.69) is 5.32 Å². The molecule has 0 fully saturated rings. The van der Waals surface area contributed by atoms with Crippen molar-refractivity contribution in [3.8, 4) is 5.75 Å². The number of phenolic OH excluding ortho intramolecular Hbond substituents is 1. The molecule has 21 heavy (non-hydrogen) atoms. The van der Waals surface area contributed by atoms with E-state index in [1.807, 2.05) is 18.2 Å². The van der Waals surface area contributed by atoms with Gasteiger partial charge in [-0.3, -0.25) is 4.79 Å². The van der Waals surface area contributed by atoms with Crippen molar-refractivity contribution in [1.82, 2.24) is 5.32 Å². The Morgan fingerprint density at radius 3 is 2.19 bits per heavy atom. The van der Waals surface area contributed by atoms with Gasteiger partial charge in [0.1, 0.15) is 5.75 Å². The first-order valence-electron chi connectivity index (χ1n) is 6.41. The molecule has 5 nitrogen and oxygen atoms in total. The highest BCUT2D eigenvalue weighted by molar-refractivity contribution is 5.85. The van der Waals surface area contributed by atoms with Crippen LogP contribution in [0.25, 0.3) is 0 Å². The summed E-state index contributed by atoms with van der Waals surface area (Å²) in [6.07, 6.45) is 0.114. The fourth-order valence-corrected chi connectivity index (χ4v) is 1.95. The van der Waals surface area contributed by atoms with E-state index in [-0.39, 0.29) is 18.1 Å². The van der Waals surface area contributed by atoms with E-state index in [0.29, 0.717) is 5.56 Å². The number of carbonyl (C=O) groups excluding carboxylic acids is 1. The summed E-state index contributed by atoms with van der Waals surface area (Å²) in [4.78, 5) is 23.2. The summed E-state index contributed by atoms with van der Waals surface area (Å²) in [5.41, 5.74) is 1.21. The quantitative estimate of drug-likeness (QED) is 0.782. The molecule has 1 atom stereocenters. The second-order valence-corrected chi connectivity index (χ2v) is 4.59. The minimum absolute atomic E-state index is 0.0403. The molecule has 3 N–H and O–H groups in total. The second-order valence-electron chi connectivity index (χ2n) is 4.59. The van der Waals surface area contributed by atoms with Crippen molar-refractivity contribution in [3.05, 3.63) is 65.7 Å². The van der Waals surface area contributed by atoms with E-state index < -0.39 is 12.0 Å². The third kappa shape index (κ3) is 4.07. The SMILES string of the molecule is O=C(Cc1ccccc1)NC(C(=O)O)c1ccc(O)cc1. The van der Waals surface area contributed by atoms with Gasteiger partial charge in [-0.05, 0) is 23.3 Å². The van der Waals surface area contributed by atoms with Gasteiger partial charge in [0.15, 0.2) is 6.04 Å². The Morgan fingerprint density at radius 2 is 1.62 bits per heavy atom. The molecule has 0 aliphatic heterocycles. The Morgan fingerprint density at radius 1 is 1.00 bits per heavy atom. The molecule has 0 aliphatic carbocycles. The summed E-state index contributed by atoms with van der Waals surface area (Å²) in [6.45, 7) is 0. The van der Waals surface area contributed by atoms with Gasteiger partial charge in [-0.1, -0.05) is 42.5 Å². The average molecular weight is 285 g/mol. The molecule has 0 spiro atoms. The van der Waals surface area contributed by atoms with Crippen molar-refractivity contribution >= 4 is 11.9 Å². The van der Waals surface area contributed by atoms with Crippen LogP contribution in [0.3, 0.4) is 0 Å². The minimum Gasteiger partial charge on any atom is -0.508 e. The van der Waals surface area contributed by atoms with Crippen molar-refractivity contribution in [3.63, 3.8) is 0 Å². The number of nitrogens with one attached hydrogen (secondary N) is 1. The first-order chi connectivity index (χ1) is 10.1. The largest absolute Gasteiger partial charge is 0.508 e. The van der Waals surface area contributed by atoms with Crippen LogP contribution in [0.5, 0.6) is 5.75 Å². The van der Waals surface area contributed by atoms with E-state index in [4.69, 9.17) is 0 Å². The molecule has 0 aromatic heterocycles. The number of phenols is 1. The van der Waals surface area contributed by atoms with E-state index in [1.165, 1.54) is 24.3 Å². The van der Waals surface area contributed by atoms with Gasteiger partial charge in [0, 0.05) is 0 Å². The van der Waals surface area contributed by atoms with Crippen molar-refractivity contribution < 1.29 is 19.8 Å². The first kappa shape index (κ1) is 14.6. The summed E-state index contributed by atoms with van der Waals surface area (Å²) in [6, 6.07) is 13.6. The summed E-state index contributed by atoms with van der Waals surface area (Å²) >= 11 is 0. The maximum Gasteiger partial charge on any atom is 0.330 e. The molecule has 5 heteroatoms. The molecule has 1 amide bonds. The Balaban J connectivity index is 2.08. The summed E-state index contributed by atoms with van der Waals surface area (Å²) < 4.78 is 0. The maximum atomic E-state index is 11.9. The van der Waals surface area contributed by atoms with E-state index in [1.54, 1.807) is 12.1 Å². The Hall–Kier alpha value is -2.82. The number of amides is 1. The van der Waals surface area contributed by atoms with Gasteiger partial charge in [-0.25, -0.2) is 4.79 Å². The zero-order valence-corrected chi connectivity index (χ0v) is 11.2. The van der Waals surface area contributed by atoms with Gasteiger partial charge in [-0.15, -0.1) is 0 Å². The van der Waals surface area contributed by atoms with Crippen LogP contribution in [0, 0.1) is 0 Å². The Labute approximate surface area is 121 Å². The third-order valence-corrected chi connectivity index (χ3v) is 2.99. The smallest absolute Gasteiger partial charge is 0.330 e. The van der Waals surface area contributed by atoms with Crippen molar-refractivity contribution in [1.29, 1.82) is 0 Å². The minimum atomic E-state index is -1.15. The number of rotatable bonds is 5. The predicted octanol–water partition coefficient (Wildman–Crippen LogP) is 1.88. The van der Waals surface area contributed by atoms with Crippen LogP contribution in [-0.4, -0.2) is 22.1 Å². The molecule has 0 bridgehead atoms. The van der Waals surface area contributed by atoms with Crippen LogP contribution < -0.4 is 5.32 Å². The van der Waals surface area contributed by atoms with Crippen molar-refractivity contribution in [2.24, 2.45) is 0 Å². The number of benzene rings is 2. The average Bonchev–Trinajstić information content (AvgIpc) is 2.47. The molecule has 2 aromatic rings. The van der Waals surface area contributed by atoms with Crippen LogP contribution in [0.4, 0.5) is 0 Å². The van der Waals surface area contributed by atoms with Crippen LogP contribution in [0.1, 0.15) is 17.2 Å². The zero-order chi connectivity index (χ0) is 15.2. The highest BCUT2D eigenvalue weighted by Crippen LogP contribution is 2.17. The van der Waals surface area contributed by atoms with Crippen LogP contribution in [-0.2, 0) is 16.0 Å². The lowest BCUT2D eigenvalue weighted by Gasteiger charge is -2.15. The normalized spacial score (nSPS) is 11.6. The molecular weight excluding hydrogens is 270 g/mol. The molecule has 0 radical (unpaired) electrons. The Bertz CT molecular complexity index is 622. The van der Waals surface area contributed by atoms with Crippen molar-refractivity contribution in [2.45, 2.75) is 12.5 Å². The number of aliphatic carboxylic acids is 1. The van der Waals surface area contributed by atoms with Crippen LogP contribution in [0.15, 0.2) is 54.6 Å². The highest BCUT2D eigenvalue weighted by atomic mass is 16.4. The molecular formula is C16H15NO4. The molecule has 2 aromatic carbocycles. The van der Waals surface area contributed by atoms with Gasteiger partial charge in [0.2, 0.25) is 5.91 Å². The molecule has 0 aliphatic rings. The standard InChI is InChI=1S/C16H15NO4/c18-13-8-6-12(7-9-13)15(16(20)21)17-14(19)10-11-4-2-1-3-5-11/h1-9,15,18H,10H2,(H,17,19)(H,20,21). The topological polar surface area (TPSA) is 86.6 Å². The number of carbonyl (C=O) groups is 2. The van der Waals surface area contributed by atoms with Crippen LogP contribution >= 0.6 is 0 Å². The van der Waals surface area contributed by atoms with Crippen molar-refractivity contribution in [2.75, 3.05) is 0 Å². The Kier molecular flexibility index (Phi) is 4.56. The van der Waals surface area contributed by atoms with Gasteiger partial charge in [0.05, 0.1) is 6.42 Å². The second kappa shape index (κ2) is 6.56. The lowest BCUT2D eigenvalue weighted by Crippen LogP contribution is -2.34. The molecule has 0 heterocycles. The number of aromatic hydroxyl groups is 1. The monoisotopic (exact) mass is 285 g/mol. The van der Waals surface area contributed by atoms with Crippen LogP contribution in [0.2, 0.25) is 0 Å². The lowest BCUT2D eigenvalue weighted by molar-refractivity contribution is -0.141. The van der Waals surface area contributed by atoms with Gasteiger partial charge in [-0.2, -0.15) is 0 Å². The van der Waals surface area contributed by atoms with E-state index in [0.717, 1.165) is 5.56 Å². The highest BCUT2D eigenvalue weighted by Gasteiger charge is 2.21. The van der Waals surface area contributed by atoms with Gasteiger partial charge in [0.25, 0.3) is 0 Å². The fraction of sp³-hybridized carbons (Fsp3) is 0.125. The maximum absolute atomic E-state index is 11.9. The number of carboxylic acids is 1. The molecule has 108 valence electrons. The summed E-state index contributed by atoms with van der Waals surface area (Å²) in [5.74, 6) is -1.48. The fourth-order valence-electron chi connectivity index (χ4n) is 1.95. The van der Waals surface area contributed by atoms with E-state index >= 15 is 0 Å². The third-order valence-electron chi connectivity index (χ3n) is 2.99. The lowest BCUT2D eigenvalue weighted by atomic mass is 10.1. The number of carboxylic acid groups (broad SMARTS) is 1. The van der Waals surface area contributed by atoms with Gasteiger partial charge >= 0.3 is 5.97 Å². The summed E-state index contributed by atoms with van der Waals surface area (Å²) in [7, 11) is 0. The molecule has 0 saturated carbocycles. The number of hydrogen-bond donors (Lipinski definition) is 3. The molecule has 1 unspecified atom stereocenters. The van der Waals surface area contributed by atoms with E-state index in [9.17, 15) is 19.8 Å². The molecule has 0 saturated heterocycles. The predicted molar refractivity (Wildman–Crippen MR) is 76.8 cm³/mol. The number of hydrogen-bond acceptors (Lipinski definition) is 3. The zero-order valence-electron chi connectivity index (χ0n) is 11.2. The first-order valence-corrected chi connectivity index (χ1v) is 6.41. The summed E-state index contributed by atoms with van der Waals surface area (Å²) in [5, 5.41) is 20.9. The van der Waals surface area contributed by atoms with Gasteiger partial charge < -0.3 is 15.5 Å².